The lowest BCUT2D eigenvalue weighted by molar-refractivity contribution is -0.149. The Balaban J connectivity index is 2.92. The summed E-state index contributed by atoms with van der Waals surface area (Å²) in [5, 5.41) is 4.87. The van der Waals surface area contributed by atoms with Gasteiger partial charge in [0.2, 0.25) is 0 Å². The number of carbonyl (C=O) groups excluding carboxylic acids is 2. The van der Waals surface area contributed by atoms with Gasteiger partial charge >= 0.3 is 25.3 Å². The van der Waals surface area contributed by atoms with Crippen LogP contribution in [-0.2, 0) is 32.9 Å². The zero-order valence-corrected chi connectivity index (χ0v) is 21.6. The number of nitrogens with two attached hydrogens (primary N) is 1. The Morgan fingerprint density at radius 3 is 2.34 bits per heavy atom. The number of rotatable bonds is 15. The fourth-order valence-electron chi connectivity index (χ4n) is 2.60. The van der Waals surface area contributed by atoms with Crippen molar-refractivity contribution in [3.8, 4) is 0 Å². The minimum absolute atomic E-state index is 0.0167. The average molecular weight is 523 g/mol. The van der Waals surface area contributed by atoms with Gasteiger partial charge in [-0.1, -0.05) is 0 Å². The highest BCUT2D eigenvalue weighted by molar-refractivity contribution is 7.54. The molecule has 0 aliphatic heterocycles. The standard InChI is InChI=1S/C20H35FN5O8P/c1-12(2)32-18(27)10-23-35(30,25-14(5)19(28)33-13(3)4)31-11-16(9-21)34-15(6)26-8-7-17(22)24-20(26)29/h7-8,12-16H,9-11H2,1-6H3,(H2,22,24,29)(H2,23,25,30)/t14-,15?,16?,35?/m0/s1. The molecule has 4 atom stereocenters. The molecule has 3 unspecified atom stereocenters. The third-order valence-corrected chi connectivity index (χ3v) is 5.93. The highest BCUT2D eigenvalue weighted by atomic mass is 31.2. The molecule has 0 aliphatic rings. The van der Waals surface area contributed by atoms with Crippen molar-refractivity contribution in [2.24, 2.45) is 0 Å². The van der Waals surface area contributed by atoms with Gasteiger partial charge in [0.25, 0.3) is 0 Å². The Morgan fingerprint density at radius 1 is 1.17 bits per heavy atom. The molecule has 1 heterocycles. The van der Waals surface area contributed by atoms with Crippen molar-refractivity contribution >= 4 is 25.4 Å². The summed E-state index contributed by atoms with van der Waals surface area (Å²) in [6.07, 6.45) is -1.71. The van der Waals surface area contributed by atoms with Crippen molar-refractivity contribution in [2.45, 2.75) is 72.1 Å². The second-order valence-corrected chi connectivity index (χ2v) is 10.0. The van der Waals surface area contributed by atoms with Crippen LogP contribution < -0.4 is 21.6 Å². The number of nitrogen functional groups attached to an aromatic ring is 1. The smallest absolute Gasteiger partial charge is 0.351 e. The SMILES string of the molecule is CC(C)OC(=O)CNP(=O)(N[C@@H](C)C(=O)OC(C)C)OCC(CF)OC(C)n1ccc(N)nc1=O. The van der Waals surface area contributed by atoms with E-state index in [2.05, 4.69) is 15.2 Å². The van der Waals surface area contributed by atoms with Crippen molar-refractivity contribution in [3.05, 3.63) is 22.7 Å². The average Bonchev–Trinajstić information content (AvgIpc) is 2.74. The molecular weight excluding hydrogens is 488 g/mol. The van der Waals surface area contributed by atoms with Gasteiger partial charge in [0.15, 0.2) is 0 Å². The molecule has 0 radical (unpaired) electrons. The topological polar surface area (TPSA) is 173 Å². The van der Waals surface area contributed by atoms with Gasteiger partial charge in [-0.25, -0.2) is 19.4 Å². The number of ether oxygens (including phenoxy) is 3. The lowest BCUT2D eigenvalue weighted by Crippen LogP contribution is -2.40. The summed E-state index contributed by atoms with van der Waals surface area (Å²) < 4.78 is 49.0. The molecule has 0 spiro atoms. The molecule has 0 fully saturated rings. The number of esters is 2. The predicted molar refractivity (Wildman–Crippen MR) is 125 cm³/mol. The number of nitrogens with zero attached hydrogens (tertiary/aromatic N) is 2. The molecule has 13 nitrogen and oxygen atoms in total. The lowest BCUT2D eigenvalue weighted by Gasteiger charge is -2.26. The minimum Gasteiger partial charge on any atom is -0.462 e. The molecule has 0 aliphatic carbocycles. The fourth-order valence-corrected chi connectivity index (χ4v) is 4.18. The number of hydrogen-bond acceptors (Lipinski definition) is 10. The van der Waals surface area contributed by atoms with E-state index in [1.54, 1.807) is 27.7 Å². The van der Waals surface area contributed by atoms with Crippen molar-refractivity contribution in [1.29, 1.82) is 0 Å². The number of halogens is 1. The second kappa shape index (κ2) is 14.2. The molecule has 1 aromatic rings. The summed E-state index contributed by atoms with van der Waals surface area (Å²) in [7, 11) is -4.11. The Hall–Kier alpha value is -2.38. The van der Waals surface area contributed by atoms with Crippen molar-refractivity contribution in [1.82, 2.24) is 19.7 Å². The normalized spacial score (nSPS) is 15.9. The van der Waals surface area contributed by atoms with Gasteiger partial charge in [-0.3, -0.25) is 18.7 Å². The van der Waals surface area contributed by atoms with Crippen molar-refractivity contribution < 1.29 is 37.3 Å². The summed E-state index contributed by atoms with van der Waals surface area (Å²) in [4.78, 5) is 39.6. The van der Waals surface area contributed by atoms with Crippen LogP contribution in [0.15, 0.2) is 17.1 Å². The molecule has 200 valence electrons. The van der Waals surface area contributed by atoms with Gasteiger partial charge in [-0.05, 0) is 47.6 Å². The van der Waals surface area contributed by atoms with Crippen LogP contribution in [0.2, 0.25) is 0 Å². The third kappa shape index (κ3) is 11.3. The van der Waals surface area contributed by atoms with Gasteiger partial charge in [0.05, 0.1) is 18.8 Å². The van der Waals surface area contributed by atoms with Gasteiger partial charge in [-0.2, -0.15) is 4.98 Å². The first-order valence-corrected chi connectivity index (χ1v) is 12.6. The maximum absolute atomic E-state index is 13.7. The molecule has 35 heavy (non-hydrogen) atoms. The van der Waals surface area contributed by atoms with Crippen LogP contribution >= 0.6 is 7.67 Å². The first kappa shape index (κ1) is 30.7. The Kier molecular flexibility index (Phi) is 12.5. The minimum atomic E-state index is -4.11. The summed E-state index contributed by atoms with van der Waals surface area (Å²) in [5.41, 5.74) is 4.76. The van der Waals surface area contributed by atoms with Gasteiger partial charge in [0.1, 0.15) is 37.4 Å². The van der Waals surface area contributed by atoms with Crippen LogP contribution in [0.25, 0.3) is 0 Å². The molecular formula is C20H35FN5O8P. The Morgan fingerprint density at radius 2 is 1.80 bits per heavy atom. The molecule has 0 aromatic carbocycles. The molecule has 0 saturated heterocycles. The van der Waals surface area contributed by atoms with Crippen LogP contribution in [0.5, 0.6) is 0 Å². The largest absolute Gasteiger partial charge is 0.462 e. The van der Waals surface area contributed by atoms with E-state index in [1.165, 1.54) is 26.1 Å². The Labute approximate surface area is 203 Å². The van der Waals surface area contributed by atoms with E-state index in [9.17, 15) is 23.3 Å². The first-order chi connectivity index (χ1) is 16.3. The molecule has 4 N–H and O–H groups in total. The highest BCUT2D eigenvalue weighted by Crippen LogP contribution is 2.38. The van der Waals surface area contributed by atoms with Crippen molar-refractivity contribution in [2.75, 3.05) is 25.6 Å². The zero-order chi connectivity index (χ0) is 26.8. The van der Waals surface area contributed by atoms with E-state index >= 15 is 0 Å². The van der Waals surface area contributed by atoms with Crippen LogP contribution in [0.4, 0.5) is 10.2 Å². The van der Waals surface area contributed by atoms with E-state index < -0.39 is 75.7 Å². The maximum atomic E-state index is 13.7. The van der Waals surface area contributed by atoms with E-state index in [0.29, 0.717) is 0 Å². The molecule has 0 amide bonds. The summed E-state index contributed by atoms with van der Waals surface area (Å²) in [5.74, 6) is -1.41. The van der Waals surface area contributed by atoms with E-state index in [-0.39, 0.29) is 5.82 Å². The summed E-state index contributed by atoms with van der Waals surface area (Å²) >= 11 is 0. The molecule has 1 rings (SSSR count). The first-order valence-electron chi connectivity index (χ1n) is 11.0. The molecule has 1 aromatic heterocycles. The van der Waals surface area contributed by atoms with Gasteiger partial charge in [0, 0.05) is 6.20 Å². The third-order valence-electron chi connectivity index (χ3n) is 4.11. The number of anilines is 1. The van der Waals surface area contributed by atoms with Crippen molar-refractivity contribution in [3.63, 3.8) is 0 Å². The summed E-state index contributed by atoms with van der Waals surface area (Å²) in [6.45, 7) is 7.32. The predicted octanol–water partition coefficient (Wildman–Crippen LogP) is 1.29. The number of carbonyl (C=O) groups is 2. The van der Waals surface area contributed by atoms with Gasteiger partial charge in [-0.15, -0.1) is 0 Å². The number of hydrogen-bond donors (Lipinski definition) is 3. The molecule has 15 heteroatoms. The van der Waals surface area contributed by atoms with E-state index in [4.69, 9.17) is 24.5 Å². The van der Waals surface area contributed by atoms with Gasteiger partial charge < -0.3 is 24.5 Å². The second-order valence-electron chi connectivity index (χ2n) is 8.11. The van der Waals surface area contributed by atoms with Crippen LogP contribution in [0.3, 0.4) is 0 Å². The quantitative estimate of drug-likeness (QED) is 0.222. The maximum Gasteiger partial charge on any atom is 0.351 e. The van der Waals surface area contributed by atoms with Crippen LogP contribution in [0, 0.1) is 0 Å². The monoisotopic (exact) mass is 523 g/mol. The van der Waals surface area contributed by atoms with Crippen LogP contribution in [-0.4, -0.2) is 65.7 Å². The highest BCUT2D eigenvalue weighted by Gasteiger charge is 2.32. The molecule has 0 saturated carbocycles. The fraction of sp³-hybridized carbons (Fsp3) is 0.700. The van der Waals surface area contributed by atoms with E-state index in [1.807, 2.05) is 0 Å². The van der Waals surface area contributed by atoms with E-state index in [0.717, 1.165) is 4.57 Å². The number of aromatic nitrogens is 2. The Bertz CT molecular complexity index is 944. The number of nitrogens with one attached hydrogen (secondary N) is 2. The van der Waals surface area contributed by atoms with Crippen LogP contribution in [0.1, 0.15) is 47.8 Å². The number of alkyl halides is 1. The zero-order valence-electron chi connectivity index (χ0n) is 20.7. The lowest BCUT2D eigenvalue weighted by atomic mass is 10.4. The summed E-state index contributed by atoms with van der Waals surface area (Å²) in [6, 6.07) is 0.276. The molecule has 0 bridgehead atoms.